The van der Waals surface area contributed by atoms with Crippen LogP contribution in [0.4, 0.5) is 0 Å². The molecule has 1 atom stereocenters. The zero-order valence-corrected chi connectivity index (χ0v) is 10.0. The third-order valence-electron chi connectivity index (χ3n) is 2.38. The Hall–Kier alpha value is -0.0900. The topological polar surface area (TPSA) is 24.1 Å². The van der Waals surface area contributed by atoms with Gasteiger partial charge in [0.1, 0.15) is 0 Å². The lowest BCUT2D eigenvalue weighted by Crippen LogP contribution is -2.42. The SMILES string of the molecule is Clc1ccc([C@@H]2CNCCN2)c(Br)c1. The molecule has 1 heterocycles. The van der Waals surface area contributed by atoms with Crippen molar-refractivity contribution in [2.45, 2.75) is 6.04 Å². The van der Waals surface area contributed by atoms with Crippen molar-refractivity contribution in [2.75, 3.05) is 19.6 Å². The van der Waals surface area contributed by atoms with Crippen molar-refractivity contribution < 1.29 is 0 Å². The first-order valence-corrected chi connectivity index (χ1v) is 5.83. The van der Waals surface area contributed by atoms with Gasteiger partial charge in [0, 0.05) is 35.2 Å². The first-order chi connectivity index (χ1) is 6.77. The van der Waals surface area contributed by atoms with E-state index in [1.807, 2.05) is 12.1 Å². The molecule has 1 saturated heterocycles. The first-order valence-electron chi connectivity index (χ1n) is 4.66. The molecule has 1 aromatic carbocycles. The summed E-state index contributed by atoms with van der Waals surface area (Å²) < 4.78 is 1.08. The highest BCUT2D eigenvalue weighted by Crippen LogP contribution is 2.26. The van der Waals surface area contributed by atoms with Gasteiger partial charge in [-0.15, -0.1) is 0 Å². The normalized spacial score (nSPS) is 22.3. The monoisotopic (exact) mass is 274 g/mol. The number of piperazine rings is 1. The molecule has 4 heteroatoms. The van der Waals surface area contributed by atoms with Crippen LogP contribution in [0, 0.1) is 0 Å². The summed E-state index contributed by atoms with van der Waals surface area (Å²) in [5.41, 5.74) is 1.27. The number of hydrogen-bond acceptors (Lipinski definition) is 2. The van der Waals surface area contributed by atoms with Crippen LogP contribution in [0.5, 0.6) is 0 Å². The Morgan fingerprint density at radius 2 is 2.21 bits per heavy atom. The molecule has 2 N–H and O–H groups in total. The molecule has 1 aliphatic rings. The molecule has 1 fully saturated rings. The van der Waals surface area contributed by atoms with Crippen molar-refractivity contribution in [3.63, 3.8) is 0 Å². The van der Waals surface area contributed by atoms with E-state index >= 15 is 0 Å². The lowest BCUT2D eigenvalue weighted by atomic mass is 10.1. The Labute approximate surface area is 97.2 Å². The molecular weight excluding hydrogens is 263 g/mol. The van der Waals surface area contributed by atoms with E-state index in [0.29, 0.717) is 6.04 Å². The Balaban J connectivity index is 2.22. The molecule has 0 aromatic heterocycles. The Morgan fingerprint density at radius 3 is 2.86 bits per heavy atom. The van der Waals surface area contributed by atoms with E-state index in [1.54, 1.807) is 0 Å². The van der Waals surface area contributed by atoms with Crippen molar-refractivity contribution in [3.05, 3.63) is 33.3 Å². The summed E-state index contributed by atoms with van der Waals surface area (Å²) >= 11 is 9.42. The van der Waals surface area contributed by atoms with Crippen LogP contribution in [-0.4, -0.2) is 19.6 Å². The second kappa shape index (κ2) is 4.62. The van der Waals surface area contributed by atoms with Crippen LogP contribution < -0.4 is 10.6 Å². The quantitative estimate of drug-likeness (QED) is 0.822. The van der Waals surface area contributed by atoms with Crippen molar-refractivity contribution in [3.8, 4) is 0 Å². The summed E-state index contributed by atoms with van der Waals surface area (Å²) in [5.74, 6) is 0. The summed E-state index contributed by atoms with van der Waals surface area (Å²) in [5, 5.41) is 7.59. The molecule has 1 aromatic rings. The van der Waals surface area contributed by atoms with Gasteiger partial charge in [-0.05, 0) is 17.7 Å². The predicted octanol–water partition coefficient (Wildman–Crippen LogP) is 2.34. The minimum absolute atomic E-state index is 0.385. The average molecular weight is 276 g/mol. The summed E-state index contributed by atoms with van der Waals surface area (Å²) in [6.45, 7) is 3.03. The van der Waals surface area contributed by atoms with E-state index in [4.69, 9.17) is 11.6 Å². The van der Waals surface area contributed by atoms with E-state index in [0.717, 1.165) is 29.1 Å². The minimum Gasteiger partial charge on any atom is -0.314 e. The van der Waals surface area contributed by atoms with Crippen molar-refractivity contribution in [1.82, 2.24) is 10.6 Å². The van der Waals surface area contributed by atoms with Gasteiger partial charge in [0.25, 0.3) is 0 Å². The number of rotatable bonds is 1. The van der Waals surface area contributed by atoms with E-state index in [2.05, 4.69) is 32.6 Å². The van der Waals surface area contributed by atoms with Gasteiger partial charge < -0.3 is 10.6 Å². The van der Waals surface area contributed by atoms with Crippen LogP contribution >= 0.6 is 27.5 Å². The van der Waals surface area contributed by atoms with Crippen LogP contribution in [0.3, 0.4) is 0 Å². The van der Waals surface area contributed by atoms with Crippen LogP contribution in [0.15, 0.2) is 22.7 Å². The maximum absolute atomic E-state index is 5.89. The summed E-state index contributed by atoms with van der Waals surface area (Å²) in [7, 11) is 0. The molecule has 0 amide bonds. The minimum atomic E-state index is 0.385. The highest BCUT2D eigenvalue weighted by molar-refractivity contribution is 9.10. The maximum atomic E-state index is 5.89. The largest absolute Gasteiger partial charge is 0.314 e. The third kappa shape index (κ3) is 2.28. The summed E-state index contributed by atoms with van der Waals surface area (Å²) in [6.07, 6.45) is 0. The highest BCUT2D eigenvalue weighted by Gasteiger charge is 2.16. The Kier molecular flexibility index (Phi) is 3.44. The first kappa shape index (κ1) is 10.4. The molecule has 76 valence electrons. The third-order valence-corrected chi connectivity index (χ3v) is 3.30. The van der Waals surface area contributed by atoms with Crippen LogP contribution in [0.2, 0.25) is 5.02 Å². The standard InChI is InChI=1S/C10H12BrClN2/c11-9-5-7(12)1-2-8(9)10-6-13-3-4-14-10/h1-2,5,10,13-14H,3-4,6H2/t10-/m0/s1. The second-order valence-corrected chi connectivity index (χ2v) is 4.67. The molecule has 0 unspecified atom stereocenters. The molecule has 0 aliphatic carbocycles. The molecule has 0 radical (unpaired) electrons. The van der Waals surface area contributed by atoms with Crippen molar-refractivity contribution in [2.24, 2.45) is 0 Å². The van der Waals surface area contributed by atoms with E-state index in [1.165, 1.54) is 5.56 Å². The Bertz CT molecular complexity index is 324. The second-order valence-electron chi connectivity index (χ2n) is 3.38. The lowest BCUT2D eigenvalue weighted by molar-refractivity contribution is 0.429. The number of nitrogens with one attached hydrogen (secondary N) is 2. The van der Waals surface area contributed by atoms with E-state index in [-0.39, 0.29) is 0 Å². The fourth-order valence-electron chi connectivity index (χ4n) is 1.66. The molecule has 0 bridgehead atoms. The van der Waals surface area contributed by atoms with Crippen molar-refractivity contribution >= 4 is 27.5 Å². The molecular formula is C10H12BrClN2. The Morgan fingerprint density at radius 1 is 1.36 bits per heavy atom. The maximum Gasteiger partial charge on any atom is 0.0458 e. The van der Waals surface area contributed by atoms with Gasteiger partial charge in [-0.3, -0.25) is 0 Å². The van der Waals surface area contributed by atoms with Gasteiger partial charge in [0.05, 0.1) is 0 Å². The van der Waals surface area contributed by atoms with E-state index < -0.39 is 0 Å². The van der Waals surface area contributed by atoms with Gasteiger partial charge in [-0.2, -0.15) is 0 Å². The van der Waals surface area contributed by atoms with E-state index in [9.17, 15) is 0 Å². The fourth-order valence-corrected chi connectivity index (χ4v) is 2.62. The zero-order valence-electron chi connectivity index (χ0n) is 7.69. The smallest absolute Gasteiger partial charge is 0.0458 e. The lowest BCUT2D eigenvalue weighted by Gasteiger charge is -2.25. The van der Waals surface area contributed by atoms with Gasteiger partial charge in [0.2, 0.25) is 0 Å². The zero-order chi connectivity index (χ0) is 9.97. The fraction of sp³-hybridized carbons (Fsp3) is 0.400. The predicted molar refractivity (Wildman–Crippen MR) is 62.8 cm³/mol. The van der Waals surface area contributed by atoms with Crippen LogP contribution in [-0.2, 0) is 0 Å². The van der Waals surface area contributed by atoms with Gasteiger partial charge in [-0.25, -0.2) is 0 Å². The molecule has 2 nitrogen and oxygen atoms in total. The molecule has 1 aliphatic heterocycles. The average Bonchev–Trinajstić information content (AvgIpc) is 2.19. The van der Waals surface area contributed by atoms with Gasteiger partial charge >= 0.3 is 0 Å². The highest BCUT2D eigenvalue weighted by atomic mass is 79.9. The number of benzene rings is 1. The van der Waals surface area contributed by atoms with Crippen LogP contribution in [0.25, 0.3) is 0 Å². The summed E-state index contributed by atoms with van der Waals surface area (Å²) in [4.78, 5) is 0. The van der Waals surface area contributed by atoms with Gasteiger partial charge in [0.15, 0.2) is 0 Å². The number of hydrogen-bond donors (Lipinski definition) is 2. The van der Waals surface area contributed by atoms with Gasteiger partial charge in [-0.1, -0.05) is 33.6 Å². The van der Waals surface area contributed by atoms with Crippen molar-refractivity contribution in [1.29, 1.82) is 0 Å². The van der Waals surface area contributed by atoms with Crippen LogP contribution in [0.1, 0.15) is 11.6 Å². The molecule has 14 heavy (non-hydrogen) atoms. The molecule has 0 saturated carbocycles. The summed E-state index contributed by atoms with van der Waals surface area (Å²) in [6, 6.07) is 6.32. The number of halogens is 2. The molecule has 2 rings (SSSR count). The molecule has 0 spiro atoms.